The first-order valence-electron chi connectivity index (χ1n) is 11.8. The number of ether oxygens (including phenoxy) is 1. The van der Waals surface area contributed by atoms with Crippen LogP contribution in [0.25, 0.3) is 0 Å². The quantitative estimate of drug-likeness (QED) is 0.288. The number of hydrogen-bond donors (Lipinski definition) is 2. The van der Waals surface area contributed by atoms with Crippen LogP contribution >= 0.6 is 0 Å². The number of aliphatic imine (C=N–C) groups is 1. The summed E-state index contributed by atoms with van der Waals surface area (Å²) in [5.74, 6) is 1.89. The maximum absolute atomic E-state index is 5.78. The highest BCUT2D eigenvalue weighted by Crippen LogP contribution is 2.25. The van der Waals surface area contributed by atoms with E-state index in [1.54, 1.807) is 6.26 Å². The summed E-state index contributed by atoms with van der Waals surface area (Å²) < 4.78 is 11.5. The molecule has 1 aromatic heterocycles. The Morgan fingerprint density at radius 3 is 2.65 bits per heavy atom. The molecule has 6 nitrogen and oxygen atoms in total. The number of furan rings is 1. The molecule has 170 valence electrons. The van der Waals surface area contributed by atoms with Gasteiger partial charge in [0.05, 0.1) is 25.5 Å². The molecule has 0 aliphatic carbocycles. The van der Waals surface area contributed by atoms with Crippen molar-refractivity contribution < 1.29 is 9.15 Å². The number of benzene rings is 1. The van der Waals surface area contributed by atoms with Crippen molar-refractivity contribution in [2.24, 2.45) is 4.99 Å². The van der Waals surface area contributed by atoms with Crippen LogP contribution in [0.15, 0.2) is 58.1 Å². The Morgan fingerprint density at radius 2 is 1.90 bits per heavy atom. The van der Waals surface area contributed by atoms with Gasteiger partial charge < -0.3 is 19.8 Å². The summed E-state index contributed by atoms with van der Waals surface area (Å²) in [7, 11) is 0. The van der Waals surface area contributed by atoms with Crippen LogP contribution in [0.5, 0.6) is 0 Å². The van der Waals surface area contributed by atoms with Gasteiger partial charge in [-0.25, -0.2) is 0 Å². The lowest BCUT2D eigenvalue weighted by Crippen LogP contribution is -2.39. The zero-order chi connectivity index (χ0) is 21.6. The van der Waals surface area contributed by atoms with Gasteiger partial charge >= 0.3 is 0 Å². The van der Waals surface area contributed by atoms with Crippen molar-refractivity contribution in [1.29, 1.82) is 0 Å². The van der Waals surface area contributed by atoms with E-state index >= 15 is 0 Å². The maximum Gasteiger partial charge on any atom is 0.191 e. The van der Waals surface area contributed by atoms with Gasteiger partial charge in [0.1, 0.15) is 5.76 Å². The van der Waals surface area contributed by atoms with E-state index in [4.69, 9.17) is 14.1 Å². The van der Waals surface area contributed by atoms with Crippen LogP contribution in [0, 0.1) is 0 Å². The van der Waals surface area contributed by atoms with E-state index in [9.17, 15) is 0 Å². The molecule has 0 saturated carbocycles. The van der Waals surface area contributed by atoms with E-state index in [-0.39, 0.29) is 6.04 Å². The zero-order valence-electron chi connectivity index (χ0n) is 18.9. The van der Waals surface area contributed by atoms with E-state index in [0.29, 0.717) is 6.54 Å². The second-order valence-electron chi connectivity index (χ2n) is 7.98. The number of unbranched alkanes of at least 4 members (excludes halogenated alkanes) is 1. The topological polar surface area (TPSA) is 62.0 Å². The lowest BCUT2D eigenvalue weighted by Gasteiger charge is -2.24. The van der Waals surface area contributed by atoms with Crippen molar-refractivity contribution in [1.82, 2.24) is 15.5 Å². The molecule has 1 saturated heterocycles. The molecule has 2 N–H and O–H groups in total. The van der Waals surface area contributed by atoms with Crippen molar-refractivity contribution in [2.45, 2.75) is 45.1 Å². The second kappa shape index (κ2) is 13.9. The van der Waals surface area contributed by atoms with Crippen LogP contribution < -0.4 is 10.6 Å². The molecule has 1 aliphatic rings. The normalized spacial score (nSPS) is 15.8. The van der Waals surface area contributed by atoms with Gasteiger partial charge in [-0.2, -0.15) is 0 Å². The van der Waals surface area contributed by atoms with Crippen molar-refractivity contribution >= 4 is 5.96 Å². The van der Waals surface area contributed by atoms with Gasteiger partial charge in [0.15, 0.2) is 5.96 Å². The SMILES string of the molecule is CCNC(=NCC(c1ccco1)N1CCCC1)NCCCCOCCc1ccccc1. The van der Waals surface area contributed by atoms with Crippen LogP contribution in [-0.4, -0.2) is 56.8 Å². The van der Waals surface area contributed by atoms with Gasteiger partial charge in [-0.1, -0.05) is 30.3 Å². The minimum atomic E-state index is 0.214. The standard InChI is InChI=1S/C25H38N4O2/c1-2-26-25(27-15-6-9-18-30-20-14-22-11-4-3-5-12-22)28-21-23(24-13-10-19-31-24)29-16-7-8-17-29/h3-5,10-13,19,23H,2,6-9,14-18,20-21H2,1H3,(H2,26,27,28). The molecule has 1 aliphatic heterocycles. The molecule has 3 rings (SSSR count). The van der Waals surface area contributed by atoms with Gasteiger partial charge in [-0.3, -0.25) is 9.89 Å². The van der Waals surface area contributed by atoms with Crippen molar-refractivity contribution in [3.63, 3.8) is 0 Å². The minimum absolute atomic E-state index is 0.214. The first-order valence-corrected chi connectivity index (χ1v) is 11.8. The highest BCUT2D eigenvalue weighted by molar-refractivity contribution is 5.79. The number of hydrogen-bond acceptors (Lipinski definition) is 4. The molecule has 6 heteroatoms. The molecular weight excluding hydrogens is 388 g/mol. The van der Waals surface area contributed by atoms with Gasteiger partial charge in [0.2, 0.25) is 0 Å². The van der Waals surface area contributed by atoms with Crippen LogP contribution in [0.1, 0.15) is 50.0 Å². The summed E-state index contributed by atoms with van der Waals surface area (Å²) in [4.78, 5) is 7.34. The first kappa shape index (κ1) is 23.4. The number of rotatable bonds is 13. The Morgan fingerprint density at radius 1 is 1.06 bits per heavy atom. The van der Waals surface area contributed by atoms with Crippen molar-refractivity contribution in [3.8, 4) is 0 Å². The smallest absolute Gasteiger partial charge is 0.191 e. The molecule has 1 aromatic carbocycles. The van der Waals surface area contributed by atoms with Gasteiger partial charge in [-0.15, -0.1) is 0 Å². The summed E-state index contributed by atoms with van der Waals surface area (Å²) in [6.45, 7) is 8.37. The van der Waals surface area contributed by atoms with Crippen molar-refractivity contribution in [3.05, 3.63) is 60.1 Å². The number of nitrogens with zero attached hydrogens (tertiary/aromatic N) is 2. The van der Waals surface area contributed by atoms with Crippen molar-refractivity contribution in [2.75, 3.05) is 45.9 Å². The molecule has 1 unspecified atom stereocenters. The summed E-state index contributed by atoms with van der Waals surface area (Å²) >= 11 is 0. The zero-order valence-corrected chi connectivity index (χ0v) is 18.9. The minimum Gasteiger partial charge on any atom is -0.468 e. The average molecular weight is 427 g/mol. The van der Waals surface area contributed by atoms with Gasteiger partial charge in [0, 0.05) is 19.7 Å². The fraction of sp³-hybridized carbons (Fsp3) is 0.560. The molecular formula is C25H38N4O2. The second-order valence-corrected chi connectivity index (χ2v) is 7.98. The van der Waals surface area contributed by atoms with Crippen LogP contribution in [0.4, 0.5) is 0 Å². The third-order valence-corrected chi connectivity index (χ3v) is 5.61. The molecule has 1 fully saturated rings. The number of guanidine groups is 1. The van der Waals surface area contributed by atoms with E-state index in [1.807, 2.05) is 12.1 Å². The Balaban J connectivity index is 1.35. The highest BCUT2D eigenvalue weighted by atomic mass is 16.5. The number of nitrogens with one attached hydrogen (secondary N) is 2. The van der Waals surface area contributed by atoms with E-state index in [1.165, 1.54) is 18.4 Å². The summed E-state index contributed by atoms with van der Waals surface area (Å²) in [6, 6.07) is 14.7. The monoisotopic (exact) mass is 426 g/mol. The average Bonchev–Trinajstić information content (AvgIpc) is 3.51. The largest absolute Gasteiger partial charge is 0.468 e. The maximum atomic E-state index is 5.78. The third-order valence-electron chi connectivity index (χ3n) is 5.61. The van der Waals surface area contributed by atoms with E-state index in [0.717, 1.165) is 70.4 Å². The molecule has 2 aromatic rings. The third kappa shape index (κ3) is 8.38. The summed E-state index contributed by atoms with van der Waals surface area (Å²) in [6.07, 6.45) is 7.35. The lowest BCUT2D eigenvalue weighted by molar-refractivity contribution is 0.133. The lowest BCUT2D eigenvalue weighted by atomic mass is 10.2. The Bertz CT molecular complexity index is 727. The van der Waals surface area contributed by atoms with E-state index < -0.39 is 0 Å². The van der Waals surface area contributed by atoms with Crippen LogP contribution in [0.3, 0.4) is 0 Å². The molecule has 0 amide bonds. The van der Waals surface area contributed by atoms with Crippen LogP contribution in [0.2, 0.25) is 0 Å². The van der Waals surface area contributed by atoms with Gasteiger partial charge in [0.25, 0.3) is 0 Å². The van der Waals surface area contributed by atoms with Gasteiger partial charge in [-0.05, 0) is 69.8 Å². The Labute approximate surface area is 187 Å². The summed E-state index contributed by atoms with van der Waals surface area (Å²) in [5, 5.41) is 6.82. The number of likely N-dealkylation sites (tertiary alicyclic amines) is 1. The molecule has 0 radical (unpaired) electrons. The summed E-state index contributed by atoms with van der Waals surface area (Å²) in [5.41, 5.74) is 1.33. The van der Waals surface area contributed by atoms with Crippen LogP contribution in [-0.2, 0) is 11.2 Å². The fourth-order valence-corrected chi connectivity index (χ4v) is 3.91. The van der Waals surface area contributed by atoms with E-state index in [2.05, 4.69) is 52.8 Å². The Hall–Kier alpha value is -2.31. The molecule has 1 atom stereocenters. The predicted octanol–water partition coefficient (Wildman–Crippen LogP) is 4.01. The molecule has 31 heavy (non-hydrogen) atoms. The fourth-order valence-electron chi connectivity index (χ4n) is 3.91. The molecule has 0 bridgehead atoms. The highest BCUT2D eigenvalue weighted by Gasteiger charge is 2.25. The molecule has 2 heterocycles. The molecule has 0 spiro atoms. The first-order chi connectivity index (χ1) is 15.4. The predicted molar refractivity (Wildman–Crippen MR) is 126 cm³/mol. The Kier molecular flexibility index (Phi) is 10.5.